The first kappa shape index (κ1) is 19.6. The Morgan fingerprint density at radius 3 is 2.73 bits per heavy atom. The second kappa shape index (κ2) is 7.43. The predicted molar refractivity (Wildman–Crippen MR) is 87.0 cm³/mol. The predicted octanol–water partition coefficient (Wildman–Crippen LogP) is 1.92. The van der Waals surface area contributed by atoms with Crippen molar-refractivity contribution in [1.29, 1.82) is 0 Å². The molecule has 2 atom stereocenters. The monoisotopic (exact) mass is 394 g/mol. The van der Waals surface area contributed by atoms with Gasteiger partial charge in [0.25, 0.3) is 0 Å². The highest BCUT2D eigenvalue weighted by Gasteiger charge is 2.36. The molecule has 0 unspecified atom stereocenters. The fourth-order valence-corrected chi connectivity index (χ4v) is 5.08. The van der Waals surface area contributed by atoms with Gasteiger partial charge in [0.05, 0.1) is 23.5 Å². The molecule has 1 saturated heterocycles. The van der Waals surface area contributed by atoms with Crippen LogP contribution in [0.2, 0.25) is 0 Å². The highest BCUT2D eigenvalue weighted by molar-refractivity contribution is 7.89. The zero-order valence-electron chi connectivity index (χ0n) is 14.0. The van der Waals surface area contributed by atoms with Crippen molar-refractivity contribution in [2.45, 2.75) is 44.1 Å². The van der Waals surface area contributed by atoms with Gasteiger partial charge in [-0.05, 0) is 42.5 Å². The highest BCUT2D eigenvalue weighted by Crippen LogP contribution is 2.32. The molecule has 2 N–H and O–H groups in total. The van der Waals surface area contributed by atoms with E-state index in [1.165, 1.54) is 10.4 Å². The summed E-state index contributed by atoms with van der Waals surface area (Å²) in [6.07, 6.45) is -3.08. The largest absolute Gasteiger partial charge is 0.416 e. The molecule has 1 aromatic carbocycles. The first-order chi connectivity index (χ1) is 12.2. The van der Waals surface area contributed by atoms with Gasteiger partial charge >= 0.3 is 6.18 Å². The number of nitrogens with one attached hydrogen (secondary N) is 1. The van der Waals surface area contributed by atoms with E-state index in [4.69, 9.17) is 4.74 Å². The Morgan fingerprint density at radius 2 is 2.12 bits per heavy atom. The van der Waals surface area contributed by atoms with Gasteiger partial charge in [0.1, 0.15) is 0 Å². The molecule has 0 aliphatic carbocycles. The summed E-state index contributed by atoms with van der Waals surface area (Å²) in [6, 6.07) is 2.67. The SMILES string of the molecule is O=S(=O)(C[C@@H](NO)[C@H]1CCCO1)N1CCc2ccc(C(F)(F)F)cc2C1. The van der Waals surface area contributed by atoms with Crippen molar-refractivity contribution in [3.8, 4) is 0 Å². The molecule has 1 fully saturated rings. The molecule has 146 valence electrons. The van der Waals surface area contributed by atoms with Crippen molar-refractivity contribution < 1.29 is 31.5 Å². The third-order valence-electron chi connectivity index (χ3n) is 4.87. The molecule has 2 heterocycles. The lowest BCUT2D eigenvalue weighted by Crippen LogP contribution is -2.48. The van der Waals surface area contributed by atoms with Crippen LogP contribution in [0.1, 0.15) is 29.5 Å². The lowest BCUT2D eigenvalue weighted by molar-refractivity contribution is -0.137. The van der Waals surface area contributed by atoms with Crippen LogP contribution in [0.4, 0.5) is 13.2 Å². The van der Waals surface area contributed by atoms with Gasteiger partial charge in [-0.1, -0.05) is 6.07 Å². The minimum Gasteiger partial charge on any atom is -0.376 e. The summed E-state index contributed by atoms with van der Waals surface area (Å²) in [6.45, 7) is 0.607. The van der Waals surface area contributed by atoms with Crippen molar-refractivity contribution in [3.05, 3.63) is 34.9 Å². The van der Waals surface area contributed by atoms with Crippen LogP contribution in [0.3, 0.4) is 0 Å². The number of alkyl halides is 3. The second-order valence-electron chi connectivity index (χ2n) is 6.63. The number of fused-ring (bicyclic) bond motifs is 1. The molecular weight excluding hydrogens is 373 g/mol. The summed E-state index contributed by atoms with van der Waals surface area (Å²) in [7, 11) is -3.77. The molecule has 0 amide bonds. The molecule has 0 saturated carbocycles. The Kier molecular flexibility index (Phi) is 5.59. The topological polar surface area (TPSA) is 78.9 Å². The van der Waals surface area contributed by atoms with Gasteiger partial charge in [0.2, 0.25) is 10.0 Å². The molecule has 1 aromatic rings. The smallest absolute Gasteiger partial charge is 0.376 e. The summed E-state index contributed by atoms with van der Waals surface area (Å²) in [5.74, 6) is -0.373. The summed E-state index contributed by atoms with van der Waals surface area (Å²) in [5, 5.41) is 9.29. The van der Waals surface area contributed by atoms with Crippen LogP contribution in [0.5, 0.6) is 0 Å². The normalized spacial score (nSPS) is 23.0. The lowest BCUT2D eigenvalue weighted by Gasteiger charge is -2.30. The average molecular weight is 394 g/mol. The van der Waals surface area contributed by atoms with E-state index in [1.54, 1.807) is 0 Å². The van der Waals surface area contributed by atoms with E-state index in [0.717, 1.165) is 24.1 Å². The van der Waals surface area contributed by atoms with E-state index in [0.29, 0.717) is 25.0 Å². The Morgan fingerprint density at radius 1 is 1.35 bits per heavy atom. The van der Waals surface area contributed by atoms with Crippen LogP contribution in [0.15, 0.2) is 18.2 Å². The van der Waals surface area contributed by atoms with E-state index in [1.807, 2.05) is 5.48 Å². The number of rotatable bonds is 5. The quantitative estimate of drug-likeness (QED) is 0.746. The van der Waals surface area contributed by atoms with Gasteiger partial charge < -0.3 is 9.94 Å². The first-order valence-electron chi connectivity index (χ1n) is 8.39. The molecule has 26 heavy (non-hydrogen) atoms. The number of hydrogen-bond donors (Lipinski definition) is 2. The molecule has 3 rings (SSSR count). The number of benzene rings is 1. The van der Waals surface area contributed by atoms with E-state index in [-0.39, 0.29) is 18.8 Å². The van der Waals surface area contributed by atoms with Crippen molar-refractivity contribution in [3.63, 3.8) is 0 Å². The molecule has 2 aliphatic rings. The van der Waals surface area contributed by atoms with E-state index in [9.17, 15) is 26.8 Å². The van der Waals surface area contributed by atoms with Gasteiger partial charge in [-0.2, -0.15) is 23.0 Å². The fourth-order valence-electron chi connectivity index (χ4n) is 3.42. The maximum Gasteiger partial charge on any atom is 0.416 e. The van der Waals surface area contributed by atoms with Gasteiger partial charge in [-0.3, -0.25) is 0 Å². The van der Waals surface area contributed by atoms with Gasteiger partial charge in [-0.25, -0.2) is 8.42 Å². The molecule has 0 bridgehead atoms. The van der Waals surface area contributed by atoms with E-state index >= 15 is 0 Å². The maximum atomic E-state index is 12.9. The molecule has 2 aliphatic heterocycles. The third-order valence-corrected chi connectivity index (χ3v) is 6.75. The first-order valence-corrected chi connectivity index (χ1v) is 9.99. The van der Waals surface area contributed by atoms with Crippen molar-refractivity contribution in [2.75, 3.05) is 18.9 Å². The number of halogens is 3. The third kappa shape index (κ3) is 4.20. The van der Waals surface area contributed by atoms with E-state index < -0.39 is 33.9 Å². The van der Waals surface area contributed by atoms with Crippen LogP contribution in [0, 0.1) is 0 Å². The summed E-state index contributed by atoms with van der Waals surface area (Å²) >= 11 is 0. The summed E-state index contributed by atoms with van der Waals surface area (Å²) in [4.78, 5) is 0. The zero-order valence-corrected chi connectivity index (χ0v) is 14.8. The fraction of sp³-hybridized carbons (Fsp3) is 0.625. The van der Waals surface area contributed by atoms with Crippen LogP contribution in [0.25, 0.3) is 0 Å². The van der Waals surface area contributed by atoms with Crippen molar-refractivity contribution >= 4 is 10.0 Å². The second-order valence-corrected chi connectivity index (χ2v) is 8.64. The number of hydroxylamine groups is 1. The Balaban J connectivity index is 1.76. The number of sulfonamides is 1. The summed E-state index contributed by atoms with van der Waals surface area (Å²) < 4.78 is 70.7. The van der Waals surface area contributed by atoms with Crippen LogP contribution >= 0.6 is 0 Å². The van der Waals surface area contributed by atoms with Crippen LogP contribution in [-0.4, -0.2) is 49.0 Å². The Labute approximate surface area is 149 Å². The molecule has 0 aromatic heterocycles. The minimum absolute atomic E-state index is 0.106. The van der Waals surface area contributed by atoms with Crippen LogP contribution in [-0.2, 0) is 33.9 Å². The van der Waals surface area contributed by atoms with Crippen molar-refractivity contribution in [2.24, 2.45) is 0 Å². The Hall–Kier alpha value is -1.20. The molecule has 0 radical (unpaired) electrons. The average Bonchev–Trinajstić information content (AvgIpc) is 3.12. The summed E-state index contributed by atoms with van der Waals surface area (Å²) in [5.41, 5.74) is 2.30. The maximum absolute atomic E-state index is 12.9. The number of nitrogens with zero attached hydrogens (tertiary/aromatic N) is 1. The Bertz CT molecular complexity index is 748. The molecule has 10 heteroatoms. The highest BCUT2D eigenvalue weighted by atomic mass is 32.2. The van der Waals surface area contributed by atoms with Gasteiger partial charge in [0, 0.05) is 19.7 Å². The molecule has 6 nitrogen and oxygen atoms in total. The standard InChI is InChI=1S/C16H21F3N2O4S/c17-16(18,19)13-4-3-11-5-6-21(9-12(11)8-13)26(23,24)10-14(20-22)15-2-1-7-25-15/h3-4,8,14-15,20,22H,1-2,5-7,9-10H2/t14-,15-/m1/s1. The van der Waals surface area contributed by atoms with Gasteiger partial charge in [0.15, 0.2) is 0 Å². The number of hydrogen-bond acceptors (Lipinski definition) is 5. The minimum atomic E-state index is -4.47. The zero-order chi connectivity index (χ0) is 18.9. The van der Waals surface area contributed by atoms with E-state index in [2.05, 4.69) is 0 Å². The van der Waals surface area contributed by atoms with Gasteiger partial charge in [-0.15, -0.1) is 0 Å². The van der Waals surface area contributed by atoms with Crippen molar-refractivity contribution in [1.82, 2.24) is 9.79 Å². The lowest BCUT2D eigenvalue weighted by atomic mass is 9.98. The van der Waals surface area contributed by atoms with Crippen LogP contribution < -0.4 is 5.48 Å². The molecule has 0 spiro atoms. The number of ether oxygens (including phenoxy) is 1. The molecular formula is C16H21F3N2O4S.